The molecular formula is C5H6LiNO. The van der Waals surface area contributed by atoms with Gasteiger partial charge in [0, 0.05) is 6.20 Å². The third-order valence-electron chi connectivity index (χ3n) is 0.562. The van der Waals surface area contributed by atoms with Crippen LogP contribution < -0.4 is 0 Å². The summed E-state index contributed by atoms with van der Waals surface area (Å²) in [7, 11) is 0. The van der Waals surface area contributed by atoms with Crippen molar-refractivity contribution >= 4 is 25.3 Å². The van der Waals surface area contributed by atoms with Crippen molar-refractivity contribution in [3.63, 3.8) is 0 Å². The SMILES string of the molecule is C1=CN=COC=C1.[LiH]. The average Bonchev–Trinajstić information content (AvgIpc) is 1.90. The van der Waals surface area contributed by atoms with Gasteiger partial charge in [0.2, 0.25) is 0 Å². The van der Waals surface area contributed by atoms with Gasteiger partial charge in [-0.15, -0.1) is 0 Å². The number of ether oxygens (including phenoxy) is 1. The van der Waals surface area contributed by atoms with Crippen molar-refractivity contribution in [2.24, 2.45) is 4.99 Å². The minimum atomic E-state index is 0. The fourth-order valence-corrected chi connectivity index (χ4v) is 0.296. The van der Waals surface area contributed by atoms with Gasteiger partial charge in [-0.25, -0.2) is 4.99 Å². The number of hydrogen-bond acceptors (Lipinski definition) is 2. The molecule has 2 nitrogen and oxygen atoms in total. The molecule has 0 saturated carbocycles. The molecule has 38 valence electrons. The van der Waals surface area contributed by atoms with Crippen LogP contribution in [0.2, 0.25) is 0 Å². The Balaban J connectivity index is 0.000000490. The monoisotopic (exact) mass is 103 g/mol. The molecule has 0 spiro atoms. The van der Waals surface area contributed by atoms with Crippen LogP contribution >= 0.6 is 0 Å². The molecule has 0 N–H and O–H groups in total. The number of hydrogen-bond donors (Lipinski definition) is 0. The predicted molar refractivity (Wildman–Crippen MR) is 35.0 cm³/mol. The zero-order valence-corrected chi connectivity index (χ0v) is 3.74. The fourth-order valence-electron chi connectivity index (χ4n) is 0.296. The molecule has 0 radical (unpaired) electrons. The van der Waals surface area contributed by atoms with Crippen molar-refractivity contribution in [2.45, 2.75) is 0 Å². The molecule has 0 aromatic carbocycles. The zero-order valence-electron chi connectivity index (χ0n) is 3.74. The van der Waals surface area contributed by atoms with E-state index >= 15 is 0 Å². The maximum absolute atomic E-state index is 4.66. The van der Waals surface area contributed by atoms with Crippen LogP contribution in [0.4, 0.5) is 0 Å². The van der Waals surface area contributed by atoms with Crippen molar-refractivity contribution in [3.8, 4) is 0 Å². The molecule has 0 unspecified atom stereocenters. The zero-order chi connectivity index (χ0) is 4.95. The minimum absolute atomic E-state index is 0. The van der Waals surface area contributed by atoms with E-state index in [1.165, 1.54) is 6.40 Å². The van der Waals surface area contributed by atoms with Crippen molar-refractivity contribution < 1.29 is 4.74 Å². The van der Waals surface area contributed by atoms with Gasteiger partial charge in [0.15, 0.2) is 6.40 Å². The van der Waals surface area contributed by atoms with Crippen LogP contribution in [0.25, 0.3) is 0 Å². The van der Waals surface area contributed by atoms with Crippen molar-refractivity contribution in [2.75, 3.05) is 0 Å². The first-order valence-corrected chi connectivity index (χ1v) is 1.99. The molecule has 0 aliphatic carbocycles. The first-order valence-electron chi connectivity index (χ1n) is 1.99. The third-order valence-corrected chi connectivity index (χ3v) is 0.562. The molecule has 0 bridgehead atoms. The number of rotatable bonds is 0. The van der Waals surface area contributed by atoms with Crippen LogP contribution in [0.1, 0.15) is 0 Å². The number of aliphatic imine (C=N–C) groups is 1. The molecule has 0 aromatic heterocycles. The average molecular weight is 103 g/mol. The van der Waals surface area contributed by atoms with Crippen LogP contribution in [-0.2, 0) is 4.74 Å². The summed E-state index contributed by atoms with van der Waals surface area (Å²) in [5.74, 6) is 0. The van der Waals surface area contributed by atoms with E-state index in [-0.39, 0.29) is 18.9 Å². The second-order valence-electron chi connectivity index (χ2n) is 1.06. The van der Waals surface area contributed by atoms with E-state index in [2.05, 4.69) is 9.73 Å². The third kappa shape index (κ3) is 2.68. The Hall–Kier alpha value is -0.453. The van der Waals surface area contributed by atoms with E-state index in [0.717, 1.165) is 0 Å². The van der Waals surface area contributed by atoms with Gasteiger partial charge in [-0.3, -0.25) is 0 Å². The Morgan fingerprint density at radius 2 is 2.12 bits per heavy atom. The van der Waals surface area contributed by atoms with E-state index in [9.17, 15) is 0 Å². The number of nitrogens with zero attached hydrogens (tertiary/aromatic N) is 1. The normalized spacial score (nSPS) is 14.0. The quantitative estimate of drug-likeness (QED) is 0.407. The summed E-state index contributed by atoms with van der Waals surface area (Å²) in [5.41, 5.74) is 0. The summed E-state index contributed by atoms with van der Waals surface area (Å²) < 4.78 is 4.66. The second-order valence-corrected chi connectivity index (χ2v) is 1.06. The van der Waals surface area contributed by atoms with Gasteiger partial charge in [0.05, 0.1) is 6.26 Å². The molecule has 0 fully saturated rings. The molecule has 1 aliphatic heterocycles. The second kappa shape index (κ2) is 4.70. The van der Waals surface area contributed by atoms with Crippen LogP contribution in [0.3, 0.4) is 0 Å². The maximum atomic E-state index is 4.66. The molecule has 1 aliphatic rings. The van der Waals surface area contributed by atoms with E-state index in [1.807, 2.05) is 0 Å². The van der Waals surface area contributed by atoms with Gasteiger partial charge in [0.1, 0.15) is 0 Å². The van der Waals surface area contributed by atoms with Crippen molar-refractivity contribution in [1.29, 1.82) is 0 Å². The molecule has 8 heavy (non-hydrogen) atoms. The van der Waals surface area contributed by atoms with Gasteiger partial charge in [-0.05, 0) is 12.2 Å². The summed E-state index contributed by atoms with van der Waals surface area (Å²) in [6.45, 7) is 0. The Kier molecular flexibility index (Phi) is 4.43. The van der Waals surface area contributed by atoms with Crippen LogP contribution in [0.15, 0.2) is 29.6 Å². The first kappa shape index (κ1) is 7.55. The van der Waals surface area contributed by atoms with Gasteiger partial charge < -0.3 is 4.74 Å². The molecule has 0 amide bonds. The Morgan fingerprint density at radius 3 is 3.00 bits per heavy atom. The van der Waals surface area contributed by atoms with Crippen molar-refractivity contribution in [3.05, 3.63) is 24.6 Å². The summed E-state index contributed by atoms with van der Waals surface area (Å²) in [4.78, 5) is 3.68. The van der Waals surface area contributed by atoms with Crippen LogP contribution in [0, 0.1) is 0 Å². The van der Waals surface area contributed by atoms with Gasteiger partial charge in [0.25, 0.3) is 0 Å². The molecule has 1 rings (SSSR count). The van der Waals surface area contributed by atoms with E-state index in [0.29, 0.717) is 0 Å². The Morgan fingerprint density at radius 1 is 1.25 bits per heavy atom. The molecular weight excluding hydrogens is 97.0 g/mol. The topological polar surface area (TPSA) is 21.6 Å². The summed E-state index contributed by atoms with van der Waals surface area (Å²) >= 11 is 0. The van der Waals surface area contributed by atoms with E-state index in [1.54, 1.807) is 24.6 Å². The Labute approximate surface area is 60.1 Å². The van der Waals surface area contributed by atoms with Gasteiger partial charge in [-0.2, -0.15) is 0 Å². The number of allylic oxidation sites excluding steroid dienone is 2. The van der Waals surface area contributed by atoms with Crippen molar-refractivity contribution in [1.82, 2.24) is 0 Å². The molecule has 1 heterocycles. The molecule has 0 atom stereocenters. The van der Waals surface area contributed by atoms with Gasteiger partial charge >= 0.3 is 18.9 Å². The van der Waals surface area contributed by atoms with E-state index < -0.39 is 0 Å². The van der Waals surface area contributed by atoms with Crippen LogP contribution in [0.5, 0.6) is 0 Å². The standard InChI is InChI=1S/C5H5NO.Li.H/c1-2-4-7-5-6-3-1;;/h1-5H;;. The predicted octanol–water partition coefficient (Wildman–Crippen LogP) is 0.424. The van der Waals surface area contributed by atoms with E-state index in [4.69, 9.17) is 0 Å². The molecule has 0 saturated heterocycles. The Bertz CT molecular complexity index is 114. The van der Waals surface area contributed by atoms with Crippen LogP contribution in [-0.4, -0.2) is 25.3 Å². The first-order chi connectivity index (χ1) is 3.50. The molecule has 3 heteroatoms. The fraction of sp³-hybridized carbons (Fsp3) is 0. The summed E-state index contributed by atoms with van der Waals surface area (Å²) in [5, 5.41) is 0. The summed E-state index contributed by atoms with van der Waals surface area (Å²) in [6.07, 6.45) is 8.16. The molecule has 0 aromatic rings. The summed E-state index contributed by atoms with van der Waals surface area (Å²) in [6, 6.07) is 0. The van der Waals surface area contributed by atoms with Gasteiger partial charge in [-0.1, -0.05) is 0 Å².